The van der Waals surface area contributed by atoms with Crippen LogP contribution in [0, 0.1) is 0 Å². The minimum atomic E-state index is -0.151. The summed E-state index contributed by atoms with van der Waals surface area (Å²) in [6.45, 7) is 2.17. The SMILES string of the molecule is COCCNCC(=O)N1CCc2cc(OC)c(OC)cc2C1c1ccccc1.Cl. The van der Waals surface area contributed by atoms with Crippen LogP contribution in [0.4, 0.5) is 0 Å². The van der Waals surface area contributed by atoms with Crippen LogP contribution in [0.25, 0.3) is 0 Å². The summed E-state index contributed by atoms with van der Waals surface area (Å²) in [5.74, 6) is 1.47. The molecule has 158 valence electrons. The summed E-state index contributed by atoms with van der Waals surface area (Å²) in [4.78, 5) is 14.9. The molecule has 1 aliphatic heterocycles. The van der Waals surface area contributed by atoms with Gasteiger partial charge in [0.05, 0.1) is 33.4 Å². The number of nitrogens with zero attached hydrogens (tertiary/aromatic N) is 1. The molecule has 1 heterocycles. The largest absolute Gasteiger partial charge is 0.493 e. The van der Waals surface area contributed by atoms with E-state index >= 15 is 0 Å². The van der Waals surface area contributed by atoms with E-state index in [1.807, 2.05) is 35.2 Å². The van der Waals surface area contributed by atoms with Crippen molar-refractivity contribution in [1.82, 2.24) is 10.2 Å². The van der Waals surface area contributed by atoms with Gasteiger partial charge in [-0.2, -0.15) is 0 Å². The maximum atomic E-state index is 13.0. The highest BCUT2D eigenvalue weighted by molar-refractivity contribution is 5.85. The van der Waals surface area contributed by atoms with E-state index in [0.29, 0.717) is 31.2 Å². The van der Waals surface area contributed by atoms with Crippen molar-refractivity contribution < 1.29 is 19.0 Å². The molecule has 0 aliphatic carbocycles. The second-order valence-corrected chi connectivity index (χ2v) is 6.73. The molecule has 0 fully saturated rings. The fourth-order valence-corrected chi connectivity index (χ4v) is 3.68. The van der Waals surface area contributed by atoms with Crippen LogP contribution >= 0.6 is 12.4 Å². The highest BCUT2D eigenvalue weighted by Gasteiger charge is 2.33. The lowest BCUT2D eigenvalue weighted by Crippen LogP contribution is -2.45. The Morgan fingerprint density at radius 1 is 1.10 bits per heavy atom. The molecule has 0 bridgehead atoms. The zero-order valence-electron chi connectivity index (χ0n) is 17.1. The Balaban J connectivity index is 0.00000300. The normalized spacial score (nSPS) is 15.3. The minimum Gasteiger partial charge on any atom is -0.493 e. The number of halogens is 1. The fourth-order valence-electron chi connectivity index (χ4n) is 3.68. The van der Waals surface area contributed by atoms with Crippen molar-refractivity contribution in [2.75, 3.05) is 47.6 Å². The van der Waals surface area contributed by atoms with Gasteiger partial charge in [0.15, 0.2) is 11.5 Å². The zero-order valence-corrected chi connectivity index (χ0v) is 18.0. The molecule has 1 aliphatic rings. The second-order valence-electron chi connectivity index (χ2n) is 6.73. The topological polar surface area (TPSA) is 60.0 Å². The Morgan fingerprint density at radius 3 is 2.45 bits per heavy atom. The van der Waals surface area contributed by atoms with Crippen molar-refractivity contribution in [3.8, 4) is 11.5 Å². The van der Waals surface area contributed by atoms with Crippen LogP contribution in [-0.2, 0) is 16.0 Å². The third-order valence-corrected chi connectivity index (χ3v) is 5.07. The first-order valence-corrected chi connectivity index (χ1v) is 9.48. The van der Waals surface area contributed by atoms with Crippen molar-refractivity contribution in [3.63, 3.8) is 0 Å². The van der Waals surface area contributed by atoms with E-state index in [4.69, 9.17) is 14.2 Å². The average molecular weight is 421 g/mol. The van der Waals surface area contributed by atoms with E-state index in [-0.39, 0.29) is 30.9 Å². The van der Waals surface area contributed by atoms with Gasteiger partial charge in [0.2, 0.25) is 5.91 Å². The predicted octanol–water partition coefficient (Wildman–Crippen LogP) is 2.84. The number of benzene rings is 2. The van der Waals surface area contributed by atoms with E-state index in [1.54, 1.807) is 21.3 Å². The first-order valence-electron chi connectivity index (χ1n) is 9.48. The lowest BCUT2D eigenvalue weighted by atomic mass is 9.87. The van der Waals surface area contributed by atoms with Gasteiger partial charge in [-0.05, 0) is 35.2 Å². The van der Waals surface area contributed by atoms with Gasteiger partial charge in [-0.3, -0.25) is 4.79 Å². The van der Waals surface area contributed by atoms with E-state index in [9.17, 15) is 4.79 Å². The third kappa shape index (κ3) is 5.21. The molecule has 2 aromatic rings. The number of methoxy groups -OCH3 is 3. The standard InChI is InChI=1S/C22H28N2O4.ClH/c1-26-12-10-23-15-21(25)24-11-9-17-13-19(27-2)20(28-3)14-18(17)22(24)16-7-5-4-6-8-16;/h4-8,13-14,22-23H,9-12,15H2,1-3H3;1H. The molecule has 1 amide bonds. The highest BCUT2D eigenvalue weighted by atomic mass is 35.5. The quantitative estimate of drug-likeness (QED) is 0.665. The number of carbonyl (C=O) groups excluding carboxylic acids is 1. The van der Waals surface area contributed by atoms with Crippen molar-refractivity contribution >= 4 is 18.3 Å². The lowest BCUT2D eigenvalue weighted by molar-refractivity contribution is -0.132. The Bertz CT molecular complexity index is 801. The number of carbonyl (C=O) groups is 1. The molecule has 6 nitrogen and oxygen atoms in total. The van der Waals surface area contributed by atoms with Gasteiger partial charge in [-0.15, -0.1) is 12.4 Å². The molecule has 0 aromatic heterocycles. The summed E-state index contributed by atoms with van der Waals surface area (Å²) >= 11 is 0. The minimum absolute atomic E-state index is 0. The zero-order chi connectivity index (χ0) is 19.9. The van der Waals surface area contributed by atoms with Crippen LogP contribution in [0.5, 0.6) is 11.5 Å². The van der Waals surface area contributed by atoms with Gasteiger partial charge in [0.25, 0.3) is 0 Å². The summed E-state index contributed by atoms with van der Waals surface area (Å²) in [6.07, 6.45) is 0.781. The van der Waals surface area contributed by atoms with Gasteiger partial charge in [-0.1, -0.05) is 30.3 Å². The van der Waals surface area contributed by atoms with Crippen LogP contribution in [0.2, 0.25) is 0 Å². The third-order valence-electron chi connectivity index (χ3n) is 5.07. The second kappa shape index (κ2) is 11.0. The Morgan fingerprint density at radius 2 is 1.79 bits per heavy atom. The molecule has 1 atom stereocenters. The van der Waals surface area contributed by atoms with Crippen LogP contribution in [0.1, 0.15) is 22.7 Å². The first kappa shape index (κ1) is 23.0. The van der Waals surface area contributed by atoms with E-state index in [0.717, 1.165) is 17.5 Å². The number of rotatable bonds is 8. The van der Waals surface area contributed by atoms with E-state index < -0.39 is 0 Å². The van der Waals surface area contributed by atoms with Gasteiger partial charge in [0, 0.05) is 20.2 Å². The Hall–Kier alpha value is -2.28. The fraction of sp³-hybridized carbons (Fsp3) is 0.409. The van der Waals surface area contributed by atoms with Crippen LogP contribution < -0.4 is 14.8 Å². The number of hydrogen-bond acceptors (Lipinski definition) is 5. The van der Waals surface area contributed by atoms with Crippen molar-refractivity contribution in [2.24, 2.45) is 0 Å². The van der Waals surface area contributed by atoms with Crippen molar-refractivity contribution in [2.45, 2.75) is 12.5 Å². The van der Waals surface area contributed by atoms with Crippen LogP contribution in [0.3, 0.4) is 0 Å². The molecule has 0 saturated heterocycles. The molecule has 0 radical (unpaired) electrons. The van der Waals surface area contributed by atoms with Gasteiger partial charge in [0.1, 0.15) is 0 Å². The lowest BCUT2D eigenvalue weighted by Gasteiger charge is -2.38. The number of nitrogens with one attached hydrogen (secondary N) is 1. The van der Waals surface area contributed by atoms with Gasteiger partial charge >= 0.3 is 0 Å². The first-order chi connectivity index (χ1) is 13.7. The number of hydrogen-bond donors (Lipinski definition) is 1. The summed E-state index contributed by atoms with van der Waals surface area (Å²) < 4.78 is 16.0. The summed E-state index contributed by atoms with van der Waals surface area (Å²) in [5.41, 5.74) is 3.35. The van der Waals surface area contributed by atoms with Crippen LogP contribution in [0.15, 0.2) is 42.5 Å². The van der Waals surface area contributed by atoms with Crippen molar-refractivity contribution in [1.29, 1.82) is 0 Å². The summed E-state index contributed by atoms with van der Waals surface area (Å²) in [5, 5.41) is 3.16. The monoisotopic (exact) mass is 420 g/mol. The molecule has 0 saturated carbocycles. The number of amides is 1. The molecule has 0 spiro atoms. The van der Waals surface area contributed by atoms with Gasteiger partial charge in [-0.25, -0.2) is 0 Å². The van der Waals surface area contributed by atoms with Crippen LogP contribution in [-0.4, -0.2) is 58.4 Å². The Kier molecular flexibility index (Phi) is 8.76. The smallest absolute Gasteiger partial charge is 0.237 e. The van der Waals surface area contributed by atoms with Crippen molar-refractivity contribution in [3.05, 3.63) is 59.2 Å². The van der Waals surface area contributed by atoms with E-state index in [2.05, 4.69) is 17.4 Å². The molecule has 7 heteroatoms. The predicted molar refractivity (Wildman–Crippen MR) is 115 cm³/mol. The maximum absolute atomic E-state index is 13.0. The number of ether oxygens (including phenoxy) is 3. The molecule has 29 heavy (non-hydrogen) atoms. The highest BCUT2D eigenvalue weighted by Crippen LogP contribution is 2.40. The average Bonchev–Trinajstić information content (AvgIpc) is 2.75. The molecule has 1 unspecified atom stereocenters. The Labute approximate surface area is 178 Å². The number of fused-ring (bicyclic) bond motifs is 1. The maximum Gasteiger partial charge on any atom is 0.237 e. The van der Waals surface area contributed by atoms with Gasteiger partial charge < -0.3 is 24.4 Å². The summed E-state index contributed by atoms with van der Waals surface area (Å²) in [6, 6.07) is 14.0. The molecule has 1 N–H and O–H groups in total. The molecule has 3 rings (SSSR count). The summed E-state index contributed by atoms with van der Waals surface area (Å²) in [7, 11) is 4.93. The molecule has 2 aromatic carbocycles. The molecular formula is C22H29ClN2O4. The molecular weight excluding hydrogens is 392 g/mol. The van der Waals surface area contributed by atoms with E-state index in [1.165, 1.54) is 5.56 Å².